The van der Waals surface area contributed by atoms with Crippen molar-refractivity contribution < 1.29 is 4.79 Å². The van der Waals surface area contributed by atoms with Gasteiger partial charge in [-0.1, -0.05) is 26.7 Å². The first-order chi connectivity index (χ1) is 8.19. The van der Waals surface area contributed by atoms with Gasteiger partial charge in [0.1, 0.15) is 6.33 Å². The van der Waals surface area contributed by atoms with Crippen LogP contribution >= 0.6 is 0 Å². The summed E-state index contributed by atoms with van der Waals surface area (Å²) in [6, 6.07) is -0.00131. The third-order valence-corrected chi connectivity index (χ3v) is 2.98. The van der Waals surface area contributed by atoms with Crippen molar-refractivity contribution in [1.29, 1.82) is 0 Å². The average Bonchev–Trinajstić information content (AvgIpc) is 2.38. The molecular formula is C12H20N4O. The topological polar surface area (TPSA) is 80.9 Å². The van der Waals surface area contributed by atoms with Crippen LogP contribution in [0.3, 0.4) is 0 Å². The zero-order chi connectivity index (χ0) is 12.7. The maximum Gasteiger partial charge on any atom is 0.254 e. The van der Waals surface area contributed by atoms with Crippen molar-refractivity contribution in [1.82, 2.24) is 15.3 Å². The van der Waals surface area contributed by atoms with Crippen molar-refractivity contribution in [2.45, 2.75) is 32.7 Å². The third kappa shape index (κ3) is 4.11. The molecule has 1 heterocycles. The Morgan fingerprint density at radius 2 is 1.94 bits per heavy atom. The van der Waals surface area contributed by atoms with E-state index in [1.807, 2.05) is 0 Å². The molecule has 1 amide bonds. The minimum Gasteiger partial charge on any atom is -0.350 e. The van der Waals surface area contributed by atoms with E-state index in [9.17, 15) is 4.79 Å². The Morgan fingerprint density at radius 1 is 1.35 bits per heavy atom. The van der Waals surface area contributed by atoms with Gasteiger partial charge in [0.25, 0.3) is 5.91 Å². The van der Waals surface area contributed by atoms with E-state index in [1.54, 1.807) is 0 Å². The summed E-state index contributed by atoms with van der Waals surface area (Å²) in [6.45, 7) is 4.71. The molecule has 0 bridgehead atoms. The summed E-state index contributed by atoms with van der Waals surface area (Å²) >= 11 is 0. The van der Waals surface area contributed by atoms with Crippen molar-refractivity contribution in [3.8, 4) is 0 Å². The lowest BCUT2D eigenvalue weighted by atomic mass is 9.95. The maximum absolute atomic E-state index is 11.7. The molecule has 1 aromatic rings. The van der Waals surface area contributed by atoms with E-state index in [0.29, 0.717) is 18.0 Å². The number of rotatable bonds is 6. The van der Waals surface area contributed by atoms with Crippen LogP contribution in [-0.2, 0) is 0 Å². The molecule has 1 unspecified atom stereocenters. The number of carbonyl (C=O) groups excluding carboxylic acids is 1. The van der Waals surface area contributed by atoms with E-state index < -0.39 is 0 Å². The highest BCUT2D eigenvalue weighted by atomic mass is 16.1. The molecule has 0 saturated carbocycles. The van der Waals surface area contributed by atoms with Gasteiger partial charge in [-0.25, -0.2) is 9.97 Å². The summed E-state index contributed by atoms with van der Waals surface area (Å²) in [5, 5.41) is 2.80. The molecule has 1 atom stereocenters. The number of hydrogen-bond acceptors (Lipinski definition) is 4. The SMILES string of the molecule is CCC(CC)C(N)CNC(=O)c1cncnc1. The largest absolute Gasteiger partial charge is 0.350 e. The van der Waals surface area contributed by atoms with Crippen molar-refractivity contribution in [3.63, 3.8) is 0 Å². The number of nitrogens with zero attached hydrogens (tertiary/aromatic N) is 2. The van der Waals surface area contributed by atoms with E-state index in [0.717, 1.165) is 12.8 Å². The normalized spacial score (nSPS) is 12.5. The van der Waals surface area contributed by atoms with Gasteiger partial charge >= 0.3 is 0 Å². The van der Waals surface area contributed by atoms with Gasteiger partial charge in [-0.2, -0.15) is 0 Å². The number of hydrogen-bond donors (Lipinski definition) is 2. The highest BCUT2D eigenvalue weighted by Crippen LogP contribution is 2.10. The summed E-state index contributed by atoms with van der Waals surface area (Å²) in [5.74, 6) is 0.273. The summed E-state index contributed by atoms with van der Waals surface area (Å²) in [4.78, 5) is 19.3. The molecule has 5 nitrogen and oxygen atoms in total. The molecule has 0 saturated heterocycles. The Kier molecular flexibility index (Phi) is 5.56. The second-order valence-corrected chi connectivity index (χ2v) is 4.08. The van der Waals surface area contributed by atoms with Gasteiger partial charge in [0, 0.05) is 25.0 Å². The van der Waals surface area contributed by atoms with Crippen LogP contribution in [-0.4, -0.2) is 28.5 Å². The Hall–Kier alpha value is -1.49. The molecule has 0 fully saturated rings. The van der Waals surface area contributed by atoms with E-state index in [2.05, 4.69) is 29.1 Å². The molecule has 1 aromatic heterocycles. The lowest BCUT2D eigenvalue weighted by Crippen LogP contribution is -2.41. The fourth-order valence-electron chi connectivity index (χ4n) is 1.79. The number of aromatic nitrogens is 2. The zero-order valence-electron chi connectivity index (χ0n) is 10.4. The fraction of sp³-hybridized carbons (Fsp3) is 0.583. The molecule has 0 aliphatic heterocycles. The molecule has 0 aliphatic rings. The van der Waals surface area contributed by atoms with Crippen molar-refractivity contribution in [2.75, 3.05) is 6.54 Å². The van der Waals surface area contributed by atoms with Crippen LogP contribution in [0.5, 0.6) is 0 Å². The molecule has 0 aromatic carbocycles. The second kappa shape index (κ2) is 6.96. The predicted octanol–water partition coefficient (Wildman–Crippen LogP) is 0.970. The van der Waals surface area contributed by atoms with Gasteiger partial charge in [-0.3, -0.25) is 4.79 Å². The van der Waals surface area contributed by atoms with Crippen LogP contribution in [0.1, 0.15) is 37.0 Å². The van der Waals surface area contributed by atoms with Crippen LogP contribution < -0.4 is 11.1 Å². The highest BCUT2D eigenvalue weighted by Gasteiger charge is 2.15. The van der Waals surface area contributed by atoms with Crippen LogP contribution in [0, 0.1) is 5.92 Å². The quantitative estimate of drug-likeness (QED) is 0.771. The number of nitrogens with two attached hydrogens (primary N) is 1. The van der Waals surface area contributed by atoms with Gasteiger partial charge in [-0.15, -0.1) is 0 Å². The van der Waals surface area contributed by atoms with Crippen molar-refractivity contribution in [2.24, 2.45) is 11.7 Å². The van der Waals surface area contributed by atoms with Gasteiger partial charge in [-0.05, 0) is 5.92 Å². The first kappa shape index (κ1) is 13.6. The predicted molar refractivity (Wildman–Crippen MR) is 66.4 cm³/mol. The lowest BCUT2D eigenvalue weighted by molar-refractivity contribution is 0.0947. The molecule has 1 rings (SSSR count). The number of carbonyl (C=O) groups is 1. The van der Waals surface area contributed by atoms with Crippen molar-refractivity contribution >= 4 is 5.91 Å². The van der Waals surface area contributed by atoms with Crippen LogP contribution in [0.2, 0.25) is 0 Å². The van der Waals surface area contributed by atoms with Crippen LogP contribution in [0.4, 0.5) is 0 Å². The van der Waals surface area contributed by atoms with Gasteiger partial charge in [0.05, 0.1) is 5.56 Å². The Balaban J connectivity index is 2.43. The average molecular weight is 236 g/mol. The first-order valence-electron chi connectivity index (χ1n) is 5.97. The Bertz CT molecular complexity index is 338. The molecule has 0 aliphatic carbocycles. The van der Waals surface area contributed by atoms with E-state index >= 15 is 0 Å². The highest BCUT2D eigenvalue weighted by molar-refractivity contribution is 5.93. The molecule has 0 radical (unpaired) electrons. The van der Waals surface area contributed by atoms with E-state index in [4.69, 9.17) is 5.73 Å². The standard InChI is InChI=1S/C12H20N4O/c1-3-9(4-2)11(13)7-16-12(17)10-5-14-8-15-6-10/h5-6,8-9,11H,3-4,7,13H2,1-2H3,(H,16,17). The Labute approximate surface area is 102 Å². The van der Waals surface area contributed by atoms with Crippen LogP contribution in [0.25, 0.3) is 0 Å². The van der Waals surface area contributed by atoms with Crippen molar-refractivity contribution in [3.05, 3.63) is 24.3 Å². The molecule has 94 valence electrons. The monoisotopic (exact) mass is 236 g/mol. The third-order valence-electron chi connectivity index (χ3n) is 2.98. The van der Waals surface area contributed by atoms with E-state index in [-0.39, 0.29) is 11.9 Å². The molecule has 5 heteroatoms. The summed E-state index contributed by atoms with van der Waals surface area (Å²) in [6.07, 6.45) is 6.44. The van der Waals surface area contributed by atoms with Crippen LogP contribution in [0.15, 0.2) is 18.7 Å². The molecular weight excluding hydrogens is 216 g/mol. The molecule has 0 spiro atoms. The minimum atomic E-state index is -0.174. The fourth-order valence-corrected chi connectivity index (χ4v) is 1.79. The van der Waals surface area contributed by atoms with Gasteiger partial charge in [0.2, 0.25) is 0 Å². The molecule has 17 heavy (non-hydrogen) atoms. The minimum absolute atomic E-state index is 0.00131. The lowest BCUT2D eigenvalue weighted by Gasteiger charge is -2.21. The smallest absolute Gasteiger partial charge is 0.254 e. The summed E-state index contributed by atoms with van der Waals surface area (Å²) < 4.78 is 0. The number of amides is 1. The second-order valence-electron chi connectivity index (χ2n) is 4.08. The molecule has 3 N–H and O–H groups in total. The Morgan fingerprint density at radius 3 is 2.47 bits per heavy atom. The van der Waals surface area contributed by atoms with Gasteiger partial charge < -0.3 is 11.1 Å². The first-order valence-corrected chi connectivity index (χ1v) is 5.97. The van der Waals surface area contributed by atoms with E-state index in [1.165, 1.54) is 18.7 Å². The zero-order valence-corrected chi connectivity index (χ0v) is 10.4. The maximum atomic E-state index is 11.7. The summed E-state index contributed by atoms with van der Waals surface area (Å²) in [7, 11) is 0. The number of nitrogens with one attached hydrogen (secondary N) is 1. The summed E-state index contributed by atoms with van der Waals surface area (Å²) in [5.41, 5.74) is 6.48. The van der Waals surface area contributed by atoms with Gasteiger partial charge in [0.15, 0.2) is 0 Å².